The number of hydrogen-bond acceptors (Lipinski definition) is 3. The van der Waals surface area contributed by atoms with Gasteiger partial charge in [-0.05, 0) is 42.1 Å². The van der Waals surface area contributed by atoms with Crippen LogP contribution in [-0.4, -0.2) is 5.91 Å². The molecular weight excluding hydrogens is 292 g/mol. The molecule has 3 nitrogen and oxygen atoms in total. The summed E-state index contributed by atoms with van der Waals surface area (Å²) < 4.78 is 0. The number of nitrogens with zero attached hydrogens (tertiary/aromatic N) is 1. The molecule has 0 fully saturated rings. The monoisotopic (exact) mass is 302 g/mol. The number of anilines is 1. The fraction of sp³-hybridized carbons (Fsp3) is 0.0667. The molecule has 1 heterocycles. The maximum absolute atomic E-state index is 12.1. The van der Waals surface area contributed by atoms with Crippen molar-refractivity contribution in [2.24, 2.45) is 0 Å². The molecule has 1 amide bonds. The third kappa shape index (κ3) is 3.27. The predicted molar refractivity (Wildman–Crippen MR) is 82.7 cm³/mol. The Hall–Kier alpha value is -2.09. The van der Waals surface area contributed by atoms with Gasteiger partial charge in [0, 0.05) is 15.6 Å². The van der Waals surface area contributed by atoms with Crippen LogP contribution in [0.2, 0.25) is 5.02 Å². The Kier molecular flexibility index (Phi) is 4.57. The standard InChI is InChI=1S/C15H11ClN2OS/c1-10-13(16)5-2-6-14(10)18-15(19)11(9-17)8-12-4-3-7-20-12/h2-8H,1H3,(H,18,19)/b11-8-. The second kappa shape index (κ2) is 6.38. The zero-order valence-corrected chi connectivity index (χ0v) is 12.3. The molecule has 2 rings (SSSR count). The first-order valence-corrected chi connectivity index (χ1v) is 7.09. The van der Waals surface area contributed by atoms with Gasteiger partial charge in [0.25, 0.3) is 5.91 Å². The normalized spacial score (nSPS) is 10.9. The van der Waals surface area contributed by atoms with Crippen molar-refractivity contribution >= 4 is 40.6 Å². The number of thiophene rings is 1. The van der Waals surface area contributed by atoms with Crippen LogP contribution in [0.15, 0.2) is 41.3 Å². The average molecular weight is 303 g/mol. The number of hydrogen-bond donors (Lipinski definition) is 1. The van der Waals surface area contributed by atoms with Crippen molar-refractivity contribution in [3.63, 3.8) is 0 Å². The molecule has 0 aliphatic rings. The van der Waals surface area contributed by atoms with Crippen molar-refractivity contribution in [1.82, 2.24) is 0 Å². The Morgan fingerprint density at radius 1 is 1.40 bits per heavy atom. The first kappa shape index (κ1) is 14.3. The molecule has 0 bridgehead atoms. The Bertz CT molecular complexity index is 699. The molecule has 20 heavy (non-hydrogen) atoms. The first-order valence-electron chi connectivity index (χ1n) is 5.83. The number of carbonyl (C=O) groups excluding carboxylic acids is 1. The van der Waals surface area contributed by atoms with Gasteiger partial charge in [0.2, 0.25) is 0 Å². The van der Waals surface area contributed by atoms with E-state index in [2.05, 4.69) is 5.32 Å². The van der Waals surface area contributed by atoms with Gasteiger partial charge in [-0.2, -0.15) is 5.26 Å². The third-order valence-electron chi connectivity index (χ3n) is 2.71. The topological polar surface area (TPSA) is 52.9 Å². The lowest BCUT2D eigenvalue weighted by Crippen LogP contribution is -2.14. The highest BCUT2D eigenvalue weighted by molar-refractivity contribution is 7.10. The first-order chi connectivity index (χ1) is 9.61. The van der Waals surface area contributed by atoms with Crippen molar-refractivity contribution < 1.29 is 4.79 Å². The highest BCUT2D eigenvalue weighted by Crippen LogP contribution is 2.23. The molecule has 5 heteroatoms. The van der Waals surface area contributed by atoms with Gasteiger partial charge in [0.15, 0.2) is 0 Å². The zero-order chi connectivity index (χ0) is 14.5. The summed E-state index contributed by atoms with van der Waals surface area (Å²) in [7, 11) is 0. The van der Waals surface area contributed by atoms with Crippen LogP contribution in [0.3, 0.4) is 0 Å². The Morgan fingerprint density at radius 3 is 2.85 bits per heavy atom. The van der Waals surface area contributed by atoms with Crippen LogP contribution in [0.25, 0.3) is 6.08 Å². The van der Waals surface area contributed by atoms with E-state index in [1.165, 1.54) is 11.3 Å². The van der Waals surface area contributed by atoms with Crippen LogP contribution in [0.4, 0.5) is 5.69 Å². The Morgan fingerprint density at radius 2 is 2.20 bits per heavy atom. The summed E-state index contributed by atoms with van der Waals surface area (Å²) in [4.78, 5) is 13.0. The van der Waals surface area contributed by atoms with E-state index in [1.54, 1.807) is 24.3 Å². The van der Waals surface area contributed by atoms with E-state index in [0.717, 1.165) is 10.4 Å². The predicted octanol–water partition coefficient (Wildman–Crippen LogP) is 4.26. The smallest absolute Gasteiger partial charge is 0.266 e. The van der Waals surface area contributed by atoms with Gasteiger partial charge in [0.05, 0.1) is 0 Å². The number of benzene rings is 1. The van der Waals surface area contributed by atoms with E-state index < -0.39 is 5.91 Å². The maximum Gasteiger partial charge on any atom is 0.266 e. The number of nitrogens with one attached hydrogen (secondary N) is 1. The molecule has 0 aliphatic carbocycles. The summed E-state index contributed by atoms with van der Waals surface area (Å²) >= 11 is 7.46. The van der Waals surface area contributed by atoms with Crippen LogP contribution in [0.1, 0.15) is 10.4 Å². The highest BCUT2D eigenvalue weighted by Gasteiger charge is 2.11. The van der Waals surface area contributed by atoms with Gasteiger partial charge in [-0.25, -0.2) is 0 Å². The second-order valence-electron chi connectivity index (χ2n) is 4.05. The minimum absolute atomic E-state index is 0.0619. The van der Waals surface area contributed by atoms with E-state index >= 15 is 0 Å². The van der Waals surface area contributed by atoms with Gasteiger partial charge in [-0.15, -0.1) is 11.3 Å². The highest BCUT2D eigenvalue weighted by atomic mass is 35.5. The summed E-state index contributed by atoms with van der Waals surface area (Å²) in [5.74, 6) is -0.439. The van der Waals surface area contributed by atoms with E-state index in [0.29, 0.717) is 10.7 Å². The van der Waals surface area contributed by atoms with Crippen molar-refractivity contribution in [1.29, 1.82) is 5.26 Å². The SMILES string of the molecule is Cc1c(Cl)cccc1NC(=O)/C(C#N)=C\c1cccs1. The molecule has 100 valence electrons. The molecule has 1 aromatic carbocycles. The molecule has 1 N–H and O–H groups in total. The summed E-state index contributed by atoms with van der Waals surface area (Å²) in [6.45, 7) is 1.81. The van der Waals surface area contributed by atoms with Crippen LogP contribution >= 0.6 is 22.9 Å². The Labute approximate surface area is 126 Å². The molecule has 0 unspecified atom stereocenters. The van der Waals surface area contributed by atoms with Gasteiger partial charge < -0.3 is 5.32 Å². The van der Waals surface area contributed by atoms with E-state index in [1.807, 2.05) is 30.5 Å². The maximum atomic E-state index is 12.1. The zero-order valence-electron chi connectivity index (χ0n) is 10.7. The van der Waals surface area contributed by atoms with Crippen molar-refractivity contribution in [3.05, 3.63) is 56.7 Å². The number of nitriles is 1. The average Bonchev–Trinajstić information content (AvgIpc) is 2.94. The van der Waals surface area contributed by atoms with E-state index in [9.17, 15) is 4.79 Å². The Balaban J connectivity index is 2.23. The summed E-state index contributed by atoms with van der Waals surface area (Å²) in [5.41, 5.74) is 1.44. The summed E-state index contributed by atoms with van der Waals surface area (Å²) in [5, 5.41) is 14.3. The van der Waals surface area contributed by atoms with Crippen LogP contribution < -0.4 is 5.32 Å². The lowest BCUT2D eigenvalue weighted by Gasteiger charge is -2.08. The summed E-state index contributed by atoms with van der Waals surface area (Å²) in [6, 6.07) is 10.9. The molecule has 0 aliphatic heterocycles. The molecule has 0 atom stereocenters. The minimum Gasteiger partial charge on any atom is -0.321 e. The number of halogens is 1. The van der Waals surface area contributed by atoms with Crippen LogP contribution in [0.5, 0.6) is 0 Å². The molecule has 0 saturated carbocycles. The van der Waals surface area contributed by atoms with Crippen LogP contribution in [0, 0.1) is 18.3 Å². The molecule has 0 saturated heterocycles. The fourth-order valence-electron chi connectivity index (χ4n) is 1.60. The molecule has 1 aromatic heterocycles. The third-order valence-corrected chi connectivity index (χ3v) is 3.94. The van der Waals surface area contributed by atoms with Crippen molar-refractivity contribution in [2.75, 3.05) is 5.32 Å². The van der Waals surface area contributed by atoms with Gasteiger partial charge >= 0.3 is 0 Å². The number of rotatable bonds is 3. The quantitative estimate of drug-likeness (QED) is 0.680. The van der Waals surface area contributed by atoms with Crippen molar-refractivity contribution in [2.45, 2.75) is 6.92 Å². The summed E-state index contributed by atoms with van der Waals surface area (Å²) in [6.07, 6.45) is 1.57. The largest absolute Gasteiger partial charge is 0.321 e. The molecule has 0 radical (unpaired) electrons. The number of carbonyl (C=O) groups is 1. The number of amides is 1. The fourth-order valence-corrected chi connectivity index (χ4v) is 2.43. The van der Waals surface area contributed by atoms with Gasteiger partial charge in [-0.3, -0.25) is 4.79 Å². The molecular formula is C15H11ClN2OS. The van der Waals surface area contributed by atoms with Crippen molar-refractivity contribution in [3.8, 4) is 6.07 Å². The minimum atomic E-state index is -0.439. The lowest BCUT2D eigenvalue weighted by molar-refractivity contribution is -0.112. The van der Waals surface area contributed by atoms with Gasteiger partial charge in [0.1, 0.15) is 11.6 Å². The molecule has 0 spiro atoms. The molecule has 2 aromatic rings. The second-order valence-corrected chi connectivity index (χ2v) is 5.44. The van der Waals surface area contributed by atoms with E-state index in [-0.39, 0.29) is 5.57 Å². The van der Waals surface area contributed by atoms with Crippen LogP contribution in [-0.2, 0) is 4.79 Å². The van der Waals surface area contributed by atoms with Gasteiger partial charge in [-0.1, -0.05) is 23.7 Å². The van der Waals surface area contributed by atoms with E-state index in [4.69, 9.17) is 16.9 Å². The lowest BCUT2D eigenvalue weighted by atomic mass is 10.1.